The summed E-state index contributed by atoms with van der Waals surface area (Å²) in [5.74, 6) is 1.74. The van der Waals surface area contributed by atoms with Gasteiger partial charge in [-0.15, -0.1) is 0 Å². The average molecular weight is 315 g/mol. The Kier molecular flexibility index (Phi) is 6.47. The second kappa shape index (κ2) is 8.82. The SMILES string of the molecule is CN=C(NCCc1ccc(C)c(OC)c1)NCCn1ccnc1. The molecule has 0 aliphatic carbocycles. The maximum Gasteiger partial charge on any atom is 0.191 e. The number of aryl methyl sites for hydroxylation is 1. The summed E-state index contributed by atoms with van der Waals surface area (Å²) in [6.45, 7) is 4.52. The molecular formula is C17H25N5O. The number of hydrogen-bond donors (Lipinski definition) is 2. The van der Waals surface area contributed by atoms with Crippen molar-refractivity contribution in [2.45, 2.75) is 19.9 Å². The van der Waals surface area contributed by atoms with Crippen molar-refractivity contribution in [1.29, 1.82) is 0 Å². The normalized spacial score (nSPS) is 11.3. The number of nitrogens with zero attached hydrogens (tertiary/aromatic N) is 3. The molecule has 6 nitrogen and oxygen atoms in total. The Morgan fingerprint density at radius 2 is 2.13 bits per heavy atom. The third kappa shape index (κ3) is 5.32. The predicted molar refractivity (Wildman–Crippen MR) is 93.0 cm³/mol. The van der Waals surface area contributed by atoms with Gasteiger partial charge in [-0.05, 0) is 30.5 Å². The van der Waals surface area contributed by atoms with Gasteiger partial charge in [0.25, 0.3) is 0 Å². The Balaban J connectivity index is 1.73. The van der Waals surface area contributed by atoms with E-state index in [4.69, 9.17) is 4.74 Å². The van der Waals surface area contributed by atoms with E-state index in [1.54, 1.807) is 20.4 Å². The number of benzene rings is 1. The third-order valence-electron chi connectivity index (χ3n) is 3.62. The van der Waals surface area contributed by atoms with E-state index < -0.39 is 0 Å². The summed E-state index contributed by atoms with van der Waals surface area (Å²) >= 11 is 0. The van der Waals surface area contributed by atoms with E-state index in [1.165, 1.54) is 5.56 Å². The maximum atomic E-state index is 5.36. The van der Waals surface area contributed by atoms with E-state index >= 15 is 0 Å². The van der Waals surface area contributed by atoms with Crippen molar-refractivity contribution in [2.75, 3.05) is 27.2 Å². The first-order valence-electron chi connectivity index (χ1n) is 7.76. The van der Waals surface area contributed by atoms with Gasteiger partial charge in [-0.2, -0.15) is 0 Å². The van der Waals surface area contributed by atoms with Gasteiger partial charge in [0, 0.05) is 39.1 Å². The summed E-state index contributed by atoms with van der Waals surface area (Å²) in [6.07, 6.45) is 6.45. The van der Waals surface area contributed by atoms with Crippen molar-refractivity contribution < 1.29 is 4.74 Å². The van der Waals surface area contributed by atoms with Gasteiger partial charge in [0.15, 0.2) is 5.96 Å². The molecule has 1 aromatic carbocycles. The Hall–Kier alpha value is -2.50. The smallest absolute Gasteiger partial charge is 0.191 e. The summed E-state index contributed by atoms with van der Waals surface area (Å²) in [4.78, 5) is 8.25. The van der Waals surface area contributed by atoms with Gasteiger partial charge in [-0.25, -0.2) is 4.98 Å². The molecule has 6 heteroatoms. The standard InChI is InChI=1S/C17H25N5O/c1-14-4-5-15(12-16(14)23-3)6-7-20-17(18-2)21-9-11-22-10-8-19-13-22/h4-5,8,10,12-13H,6-7,9,11H2,1-3H3,(H2,18,20,21). The zero-order chi connectivity index (χ0) is 16.5. The van der Waals surface area contributed by atoms with Crippen LogP contribution in [0.3, 0.4) is 0 Å². The van der Waals surface area contributed by atoms with Crippen LogP contribution in [0.4, 0.5) is 0 Å². The van der Waals surface area contributed by atoms with Crippen LogP contribution in [0.1, 0.15) is 11.1 Å². The number of guanidine groups is 1. The molecule has 2 rings (SSSR count). The topological polar surface area (TPSA) is 63.5 Å². The number of aliphatic imine (C=N–C) groups is 1. The molecule has 0 atom stereocenters. The highest BCUT2D eigenvalue weighted by Gasteiger charge is 2.02. The Labute approximate surface area is 137 Å². The van der Waals surface area contributed by atoms with E-state index in [9.17, 15) is 0 Å². The molecule has 2 aromatic rings. The lowest BCUT2D eigenvalue weighted by atomic mass is 10.1. The van der Waals surface area contributed by atoms with Crippen molar-refractivity contribution in [3.8, 4) is 5.75 Å². The van der Waals surface area contributed by atoms with Crippen LogP contribution in [0.2, 0.25) is 0 Å². The first-order valence-corrected chi connectivity index (χ1v) is 7.76. The number of ether oxygens (including phenoxy) is 1. The van der Waals surface area contributed by atoms with Crippen LogP contribution in [0.15, 0.2) is 41.9 Å². The van der Waals surface area contributed by atoms with Gasteiger partial charge in [0.2, 0.25) is 0 Å². The van der Waals surface area contributed by atoms with Crippen molar-refractivity contribution in [3.63, 3.8) is 0 Å². The third-order valence-corrected chi connectivity index (χ3v) is 3.62. The fourth-order valence-electron chi connectivity index (χ4n) is 2.29. The molecule has 1 aromatic heterocycles. The first-order chi connectivity index (χ1) is 11.2. The number of hydrogen-bond acceptors (Lipinski definition) is 3. The van der Waals surface area contributed by atoms with Crippen LogP contribution in [0.25, 0.3) is 0 Å². The van der Waals surface area contributed by atoms with E-state index in [1.807, 2.05) is 24.0 Å². The zero-order valence-corrected chi connectivity index (χ0v) is 14.0. The molecule has 124 valence electrons. The molecule has 0 saturated carbocycles. The largest absolute Gasteiger partial charge is 0.496 e. The molecular weight excluding hydrogens is 290 g/mol. The average Bonchev–Trinajstić information content (AvgIpc) is 3.08. The number of aromatic nitrogens is 2. The summed E-state index contributed by atoms with van der Waals surface area (Å²) in [6, 6.07) is 6.31. The van der Waals surface area contributed by atoms with Gasteiger partial charge < -0.3 is 19.9 Å². The van der Waals surface area contributed by atoms with E-state index in [2.05, 4.69) is 38.8 Å². The first kappa shape index (κ1) is 16.9. The second-order valence-corrected chi connectivity index (χ2v) is 5.28. The second-order valence-electron chi connectivity index (χ2n) is 5.28. The van der Waals surface area contributed by atoms with Crippen LogP contribution in [0, 0.1) is 6.92 Å². The molecule has 23 heavy (non-hydrogen) atoms. The minimum Gasteiger partial charge on any atom is -0.496 e. The van der Waals surface area contributed by atoms with Crippen LogP contribution < -0.4 is 15.4 Å². The monoisotopic (exact) mass is 315 g/mol. The van der Waals surface area contributed by atoms with Crippen LogP contribution in [-0.2, 0) is 13.0 Å². The number of rotatable bonds is 7. The summed E-state index contributed by atoms with van der Waals surface area (Å²) in [5.41, 5.74) is 2.40. The maximum absolute atomic E-state index is 5.36. The lowest BCUT2D eigenvalue weighted by molar-refractivity contribution is 0.411. The summed E-state index contributed by atoms with van der Waals surface area (Å²) in [5, 5.41) is 6.61. The molecule has 0 saturated heterocycles. The minimum absolute atomic E-state index is 0.800. The predicted octanol–water partition coefficient (Wildman–Crippen LogP) is 1.61. The molecule has 0 bridgehead atoms. The fourth-order valence-corrected chi connectivity index (χ4v) is 2.29. The molecule has 0 fully saturated rings. The van der Waals surface area contributed by atoms with E-state index in [0.717, 1.165) is 43.3 Å². The molecule has 0 amide bonds. The van der Waals surface area contributed by atoms with Crippen molar-refractivity contribution >= 4 is 5.96 Å². The highest BCUT2D eigenvalue weighted by molar-refractivity contribution is 5.79. The van der Waals surface area contributed by atoms with Gasteiger partial charge in [-0.3, -0.25) is 4.99 Å². The molecule has 1 heterocycles. The van der Waals surface area contributed by atoms with Crippen LogP contribution in [0.5, 0.6) is 5.75 Å². The molecule has 0 aliphatic heterocycles. The Morgan fingerprint density at radius 3 is 2.83 bits per heavy atom. The number of methoxy groups -OCH3 is 1. The van der Waals surface area contributed by atoms with Gasteiger partial charge >= 0.3 is 0 Å². The highest BCUT2D eigenvalue weighted by Crippen LogP contribution is 2.18. The molecule has 2 N–H and O–H groups in total. The molecule has 0 unspecified atom stereocenters. The number of nitrogens with one attached hydrogen (secondary N) is 2. The van der Waals surface area contributed by atoms with E-state index in [0.29, 0.717) is 0 Å². The number of imidazole rings is 1. The summed E-state index contributed by atoms with van der Waals surface area (Å²) < 4.78 is 7.39. The molecule has 0 aliphatic rings. The lowest BCUT2D eigenvalue weighted by Crippen LogP contribution is -2.39. The summed E-state index contributed by atoms with van der Waals surface area (Å²) in [7, 11) is 3.48. The Morgan fingerprint density at radius 1 is 1.30 bits per heavy atom. The fraction of sp³-hybridized carbons (Fsp3) is 0.412. The van der Waals surface area contributed by atoms with Gasteiger partial charge in [0.05, 0.1) is 13.4 Å². The Bertz CT molecular complexity index is 622. The highest BCUT2D eigenvalue weighted by atomic mass is 16.5. The zero-order valence-electron chi connectivity index (χ0n) is 14.0. The van der Waals surface area contributed by atoms with Crippen LogP contribution >= 0.6 is 0 Å². The van der Waals surface area contributed by atoms with E-state index in [-0.39, 0.29) is 0 Å². The van der Waals surface area contributed by atoms with Crippen molar-refractivity contribution in [2.24, 2.45) is 4.99 Å². The molecule has 0 radical (unpaired) electrons. The van der Waals surface area contributed by atoms with Crippen LogP contribution in [-0.4, -0.2) is 42.8 Å². The lowest BCUT2D eigenvalue weighted by Gasteiger charge is -2.13. The van der Waals surface area contributed by atoms with Gasteiger partial charge in [-0.1, -0.05) is 12.1 Å². The molecule has 0 spiro atoms. The van der Waals surface area contributed by atoms with Gasteiger partial charge in [0.1, 0.15) is 5.75 Å². The minimum atomic E-state index is 0.800. The quantitative estimate of drug-likeness (QED) is 0.602. The van der Waals surface area contributed by atoms with Crippen molar-refractivity contribution in [3.05, 3.63) is 48.0 Å². The van der Waals surface area contributed by atoms with Crippen molar-refractivity contribution in [1.82, 2.24) is 20.2 Å².